The van der Waals surface area contributed by atoms with Crippen LogP contribution in [0.1, 0.15) is 31.8 Å². The molecule has 0 aromatic heterocycles. The van der Waals surface area contributed by atoms with E-state index in [1.807, 2.05) is 0 Å². The van der Waals surface area contributed by atoms with Crippen molar-refractivity contribution in [2.75, 3.05) is 14.2 Å². The lowest BCUT2D eigenvalue weighted by atomic mass is 10.1. The van der Waals surface area contributed by atoms with Crippen molar-refractivity contribution in [2.24, 2.45) is 5.10 Å². The van der Waals surface area contributed by atoms with Crippen LogP contribution in [0, 0.1) is 0 Å². The number of hydrazone groups is 1. The van der Waals surface area contributed by atoms with Crippen molar-refractivity contribution in [3.05, 3.63) is 101 Å². The van der Waals surface area contributed by atoms with E-state index in [0.29, 0.717) is 28.2 Å². The number of hydrogen-bond donors (Lipinski definition) is 3. The molecule has 9 nitrogen and oxygen atoms in total. The summed E-state index contributed by atoms with van der Waals surface area (Å²) in [6.07, 6.45) is 2.64. The first-order valence-electron chi connectivity index (χ1n) is 10.4. The monoisotopic (exact) mass is 473 g/mol. The summed E-state index contributed by atoms with van der Waals surface area (Å²) in [4.78, 5) is 37.1. The standard InChI is InChI=1S/C26H23N3O6/c1-34-20-12-13-23(35-2)19(14-20)15-22(28-24(30)17-8-4-3-5-9-17)25(31)29-27-16-18-10-6-7-11-21(18)26(32)33/h3-16H,1-2H3,(H,28,30)(H,29,31)(H,32,33)/b22-15-,27-16+. The van der Waals surface area contributed by atoms with Crippen molar-refractivity contribution >= 4 is 30.1 Å². The summed E-state index contributed by atoms with van der Waals surface area (Å²) in [5, 5.41) is 15.8. The molecule has 9 heteroatoms. The topological polar surface area (TPSA) is 126 Å². The number of carbonyl (C=O) groups is 3. The highest BCUT2D eigenvalue weighted by Crippen LogP contribution is 2.26. The van der Waals surface area contributed by atoms with Crippen LogP contribution in [0.25, 0.3) is 6.08 Å². The van der Waals surface area contributed by atoms with Crippen LogP contribution < -0.4 is 20.2 Å². The quantitative estimate of drug-likeness (QED) is 0.249. The van der Waals surface area contributed by atoms with Gasteiger partial charge in [-0.2, -0.15) is 5.10 Å². The molecule has 0 atom stereocenters. The first kappa shape index (κ1) is 24.7. The molecular weight excluding hydrogens is 450 g/mol. The molecule has 0 saturated heterocycles. The predicted molar refractivity (Wildman–Crippen MR) is 131 cm³/mol. The fraction of sp³-hybridized carbons (Fsp3) is 0.0769. The molecule has 0 aliphatic heterocycles. The molecule has 0 spiro atoms. The summed E-state index contributed by atoms with van der Waals surface area (Å²) in [7, 11) is 2.98. The second-order valence-corrected chi connectivity index (χ2v) is 7.08. The zero-order chi connectivity index (χ0) is 25.2. The van der Waals surface area contributed by atoms with E-state index in [1.165, 1.54) is 32.6 Å². The number of methoxy groups -OCH3 is 2. The number of aromatic carboxylic acids is 1. The molecule has 3 N–H and O–H groups in total. The third kappa shape index (κ3) is 6.55. The van der Waals surface area contributed by atoms with Crippen molar-refractivity contribution in [1.29, 1.82) is 0 Å². The summed E-state index contributed by atoms with van der Waals surface area (Å²) in [5.41, 5.74) is 3.36. The van der Waals surface area contributed by atoms with Gasteiger partial charge in [-0.05, 0) is 42.5 Å². The van der Waals surface area contributed by atoms with Gasteiger partial charge < -0.3 is 19.9 Å². The molecule has 0 aliphatic rings. The van der Waals surface area contributed by atoms with Crippen molar-refractivity contribution in [3.8, 4) is 11.5 Å². The molecule has 3 aromatic carbocycles. The molecule has 0 bridgehead atoms. The van der Waals surface area contributed by atoms with E-state index in [-0.39, 0.29) is 11.3 Å². The Labute approximate surface area is 201 Å². The maximum Gasteiger partial charge on any atom is 0.336 e. The SMILES string of the molecule is COc1ccc(OC)c(/C=C(\NC(=O)c2ccccc2)C(=O)N/N=C/c2ccccc2C(=O)O)c1. The van der Waals surface area contributed by atoms with Crippen LogP contribution in [0.3, 0.4) is 0 Å². The Morgan fingerprint density at radius 2 is 1.60 bits per heavy atom. The molecular formula is C26H23N3O6. The van der Waals surface area contributed by atoms with Crippen LogP contribution in [-0.4, -0.2) is 43.3 Å². The van der Waals surface area contributed by atoms with Crippen molar-refractivity contribution in [1.82, 2.24) is 10.7 Å². The van der Waals surface area contributed by atoms with E-state index in [4.69, 9.17) is 9.47 Å². The number of carboxylic acid groups (broad SMARTS) is 1. The Bertz CT molecular complexity index is 1290. The zero-order valence-electron chi connectivity index (χ0n) is 19.0. The average Bonchev–Trinajstić information content (AvgIpc) is 2.88. The van der Waals surface area contributed by atoms with E-state index >= 15 is 0 Å². The largest absolute Gasteiger partial charge is 0.497 e. The third-order valence-electron chi connectivity index (χ3n) is 4.83. The van der Waals surface area contributed by atoms with Gasteiger partial charge >= 0.3 is 5.97 Å². The van der Waals surface area contributed by atoms with Crippen LogP contribution >= 0.6 is 0 Å². The fourth-order valence-electron chi connectivity index (χ4n) is 3.08. The van der Waals surface area contributed by atoms with E-state index in [9.17, 15) is 19.5 Å². The number of amides is 2. The number of nitrogens with one attached hydrogen (secondary N) is 2. The van der Waals surface area contributed by atoms with Crippen LogP contribution in [-0.2, 0) is 4.79 Å². The van der Waals surface area contributed by atoms with E-state index < -0.39 is 17.8 Å². The normalized spacial score (nSPS) is 11.1. The van der Waals surface area contributed by atoms with Gasteiger partial charge in [0.15, 0.2) is 0 Å². The Morgan fingerprint density at radius 3 is 2.29 bits per heavy atom. The van der Waals surface area contributed by atoms with Crippen LogP contribution in [0.4, 0.5) is 0 Å². The smallest absolute Gasteiger partial charge is 0.336 e. The lowest BCUT2D eigenvalue weighted by Gasteiger charge is -2.12. The van der Waals surface area contributed by atoms with Gasteiger partial charge in [-0.25, -0.2) is 10.2 Å². The van der Waals surface area contributed by atoms with Gasteiger partial charge in [0.25, 0.3) is 11.8 Å². The van der Waals surface area contributed by atoms with Gasteiger partial charge in [-0.15, -0.1) is 0 Å². The van der Waals surface area contributed by atoms with Crippen molar-refractivity contribution < 1.29 is 29.0 Å². The van der Waals surface area contributed by atoms with E-state index in [0.717, 1.165) is 0 Å². The third-order valence-corrected chi connectivity index (χ3v) is 4.83. The fourth-order valence-corrected chi connectivity index (χ4v) is 3.08. The minimum Gasteiger partial charge on any atom is -0.497 e. The van der Waals surface area contributed by atoms with Gasteiger partial charge in [-0.3, -0.25) is 9.59 Å². The highest BCUT2D eigenvalue weighted by Gasteiger charge is 2.16. The van der Waals surface area contributed by atoms with Gasteiger partial charge in [0.2, 0.25) is 0 Å². The Balaban J connectivity index is 1.92. The Kier molecular flexibility index (Phi) is 8.33. The summed E-state index contributed by atoms with van der Waals surface area (Å²) in [6, 6.07) is 19.6. The van der Waals surface area contributed by atoms with Gasteiger partial charge in [0.1, 0.15) is 17.2 Å². The summed E-state index contributed by atoms with van der Waals surface area (Å²) in [6.45, 7) is 0. The molecule has 0 saturated carbocycles. The molecule has 0 aliphatic carbocycles. The lowest BCUT2D eigenvalue weighted by Crippen LogP contribution is -2.32. The number of rotatable bonds is 9. The minimum atomic E-state index is -1.13. The maximum absolute atomic E-state index is 13.0. The highest BCUT2D eigenvalue weighted by atomic mass is 16.5. The Morgan fingerprint density at radius 1 is 0.886 bits per heavy atom. The second kappa shape index (κ2) is 11.8. The van der Waals surface area contributed by atoms with Gasteiger partial charge in [0.05, 0.1) is 26.0 Å². The van der Waals surface area contributed by atoms with Gasteiger partial charge in [-0.1, -0.05) is 36.4 Å². The van der Waals surface area contributed by atoms with Crippen LogP contribution in [0.2, 0.25) is 0 Å². The molecule has 0 radical (unpaired) electrons. The van der Waals surface area contributed by atoms with Crippen LogP contribution in [0.5, 0.6) is 11.5 Å². The van der Waals surface area contributed by atoms with E-state index in [1.54, 1.807) is 66.7 Å². The molecule has 2 amide bonds. The minimum absolute atomic E-state index is 0.0276. The predicted octanol–water partition coefficient (Wildman–Crippen LogP) is 3.32. The number of nitrogens with zero attached hydrogens (tertiary/aromatic N) is 1. The molecule has 3 rings (SSSR count). The first-order chi connectivity index (χ1) is 16.9. The second-order valence-electron chi connectivity index (χ2n) is 7.08. The number of carbonyl (C=O) groups excluding carboxylic acids is 2. The molecule has 0 unspecified atom stereocenters. The summed E-state index contributed by atoms with van der Waals surface area (Å²) in [5.74, 6) is -1.39. The van der Waals surface area contributed by atoms with E-state index in [2.05, 4.69) is 15.8 Å². The highest BCUT2D eigenvalue weighted by molar-refractivity contribution is 6.06. The molecule has 178 valence electrons. The Hall–Kier alpha value is -4.92. The molecule has 3 aromatic rings. The summed E-state index contributed by atoms with van der Waals surface area (Å²) < 4.78 is 10.6. The number of benzene rings is 3. The lowest BCUT2D eigenvalue weighted by molar-refractivity contribution is -0.117. The van der Waals surface area contributed by atoms with Gasteiger partial charge in [0, 0.05) is 16.7 Å². The van der Waals surface area contributed by atoms with Crippen molar-refractivity contribution in [2.45, 2.75) is 0 Å². The molecule has 35 heavy (non-hydrogen) atoms. The first-order valence-corrected chi connectivity index (χ1v) is 10.4. The molecule has 0 heterocycles. The van der Waals surface area contributed by atoms with Crippen LogP contribution in [0.15, 0.2) is 83.6 Å². The molecule has 0 fully saturated rings. The zero-order valence-corrected chi connectivity index (χ0v) is 19.0. The average molecular weight is 473 g/mol. The maximum atomic E-state index is 13.0. The number of carboxylic acids is 1. The summed E-state index contributed by atoms with van der Waals surface area (Å²) >= 11 is 0. The number of ether oxygens (including phenoxy) is 2. The number of hydrogen-bond acceptors (Lipinski definition) is 6. The van der Waals surface area contributed by atoms with Crippen molar-refractivity contribution in [3.63, 3.8) is 0 Å².